The number of hydrogen-bond acceptors (Lipinski definition) is 1. The standard InChI is InChI=1S/C37H35N2.BF4/c1-3-28-23-16-24-29(4-2)35(28)39-27-38(34-26-15-14-25-33(34)30-17-8-5-9-18-30)36(31-19-10-6-11-20-31)37(39)32-21-12-7-13-22-32;2-1(3,4)5/h5-27,36-37H,3-4H2,1-2H3;/q+1;-1/t36-,37-;/m0./s1. The Kier molecular flexibility index (Phi) is 9.64. The summed E-state index contributed by atoms with van der Waals surface area (Å²) in [5, 5.41) is 0. The summed E-state index contributed by atoms with van der Waals surface area (Å²) >= 11 is 0. The first kappa shape index (κ1) is 30.8. The van der Waals surface area contributed by atoms with Gasteiger partial charge in [-0.1, -0.05) is 141 Å². The number of halogens is 4. The number of anilines is 1. The maximum Gasteiger partial charge on any atom is 0.673 e. The molecule has 1 aliphatic heterocycles. The first-order chi connectivity index (χ1) is 21.3. The third kappa shape index (κ3) is 6.94. The van der Waals surface area contributed by atoms with Gasteiger partial charge in [0.05, 0.1) is 0 Å². The summed E-state index contributed by atoms with van der Waals surface area (Å²) in [5.41, 5.74) is 10.4. The summed E-state index contributed by atoms with van der Waals surface area (Å²) in [5.74, 6) is 0. The van der Waals surface area contributed by atoms with Crippen LogP contribution < -0.4 is 4.90 Å². The van der Waals surface area contributed by atoms with Gasteiger partial charge in [-0.25, -0.2) is 9.48 Å². The van der Waals surface area contributed by atoms with Gasteiger partial charge < -0.3 is 17.3 Å². The van der Waals surface area contributed by atoms with Crippen molar-refractivity contribution >= 4 is 25.0 Å². The van der Waals surface area contributed by atoms with Crippen molar-refractivity contribution in [2.75, 3.05) is 4.90 Å². The van der Waals surface area contributed by atoms with E-state index in [1.807, 2.05) is 0 Å². The smallest absolute Gasteiger partial charge is 0.418 e. The topological polar surface area (TPSA) is 6.25 Å². The average molecular weight is 595 g/mol. The van der Waals surface area contributed by atoms with Gasteiger partial charge in [0, 0.05) is 16.7 Å². The monoisotopic (exact) mass is 594 g/mol. The molecule has 2 nitrogen and oxygen atoms in total. The van der Waals surface area contributed by atoms with Crippen LogP contribution in [0.2, 0.25) is 0 Å². The normalized spacial score (nSPS) is 16.2. The predicted molar refractivity (Wildman–Crippen MR) is 174 cm³/mol. The average Bonchev–Trinajstić information content (AvgIpc) is 3.45. The van der Waals surface area contributed by atoms with E-state index in [1.54, 1.807) is 0 Å². The van der Waals surface area contributed by atoms with E-state index in [-0.39, 0.29) is 12.1 Å². The van der Waals surface area contributed by atoms with E-state index >= 15 is 0 Å². The molecule has 0 fully saturated rings. The van der Waals surface area contributed by atoms with E-state index in [0.29, 0.717) is 0 Å². The Morgan fingerprint density at radius 3 is 1.61 bits per heavy atom. The fraction of sp³-hybridized carbons (Fsp3) is 0.162. The van der Waals surface area contributed by atoms with Crippen LogP contribution in [0.4, 0.5) is 28.6 Å². The number of aryl methyl sites for hydroxylation is 2. The van der Waals surface area contributed by atoms with Crippen molar-refractivity contribution in [1.29, 1.82) is 0 Å². The van der Waals surface area contributed by atoms with E-state index in [2.05, 4.69) is 163 Å². The van der Waals surface area contributed by atoms with E-state index < -0.39 is 7.25 Å². The third-order valence-electron chi connectivity index (χ3n) is 7.92. The van der Waals surface area contributed by atoms with E-state index in [9.17, 15) is 17.3 Å². The maximum atomic E-state index is 9.75. The Labute approximate surface area is 257 Å². The number of benzene rings is 5. The second-order valence-electron chi connectivity index (χ2n) is 10.7. The highest BCUT2D eigenvalue weighted by Crippen LogP contribution is 2.48. The first-order valence-corrected chi connectivity index (χ1v) is 14.9. The van der Waals surface area contributed by atoms with Gasteiger partial charge in [0.15, 0.2) is 12.1 Å². The molecule has 0 radical (unpaired) electrons. The van der Waals surface area contributed by atoms with Crippen LogP contribution >= 0.6 is 0 Å². The molecule has 1 aliphatic rings. The summed E-state index contributed by atoms with van der Waals surface area (Å²) in [7, 11) is -6.00. The van der Waals surface area contributed by atoms with Crippen LogP contribution in [0.15, 0.2) is 133 Å². The third-order valence-corrected chi connectivity index (χ3v) is 7.92. The molecule has 0 bridgehead atoms. The lowest BCUT2D eigenvalue weighted by molar-refractivity contribution is -0.482. The Hall–Kier alpha value is -4.65. The van der Waals surface area contributed by atoms with Crippen molar-refractivity contribution in [2.45, 2.75) is 38.8 Å². The van der Waals surface area contributed by atoms with Gasteiger partial charge in [-0.2, -0.15) is 0 Å². The quantitative estimate of drug-likeness (QED) is 0.103. The highest BCUT2D eigenvalue weighted by atomic mass is 19.5. The van der Waals surface area contributed by atoms with Crippen LogP contribution in [-0.4, -0.2) is 18.2 Å². The maximum absolute atomic E-state index is 9.75. The van der Waals surface area contributed by atoms with Crippen molar-refractivity contribution in [3.8, 4) is 11.1 Å². The van der Waals surface area contributed by atoms with Gasteiger partial charge in [0.25, 0.3) is 0 Å². The number of rotatable bonds is 7. The molecule has 5 aromatic carbocycles. The van der Waals surface area contributed by atoms with Crippen LogP contribution in [0.3, 0.4) is 0 Å². The van der Waals surface area contributed by atoms with Gasteiger partial charge in [-0.15, -0.1) is 0 Å². The van der Waals surface area contributed by atoms with E-state index in [1.165, 1.54) is 44.8 Å². The fourth-order valence-electron chi connectivity index (χ4n) is 6.08. The highest BCUT2D eigenvalue weighted by Gasteiger charge is 2.47. The van der Waals surface area contributed by atoms with Crippen molar-refractivity contribution < 1.29 is 21.8 Å². The molecule has 0 saturated heterocycles. The number of para-hydroxylation sites is 2. The van der Waals surface area contributed by atoms with Crippen molar-refractivity contribution in [3.63, 3.8) is 0 Å². The van der Waals surface area contributed by atoms with E-state index in [4.69, 9.17) is 0 Å². The van der Waals surface area contributed by atoms with Crippen LogP contribution in [-0.2, 0) is 12.8 Å². The lowest BCUT2D eigenvalue weighted by Gasteiger charge is -2.26. The second kappa shape index (κ2) is 13.8. The molecule has 224 valence electrons. The molecular formula is C37H35BF4N2. The Morgan fingerprint density at radius 1 is 0.591 bits per heavy atom. The van der Waals surface area contributed by atoms with Gasteiger partial charge >= 0.3 is 7.25 Å². The molecule has 2 atom stereocenters. The van der Waals surface area contributed by atoms with Crippen LogP contribution in [0.1, 0.15) is 48.2 Å². The largest absolute Gasteiger partial charge is 0.673 e. The molecule has 5 aromatic rings. The number of hydrogen-bond donors (Lipinski definition) is 0. The van der Waals surface area contributed by atoms with Gasteiger partial charge in [-0.05, 0) is 35.6 Å². The molecule has 7 heteroatoms. The van der Waals surface area contributed by atoms with Crippen molar-refractivity contribution in [1.82, 2.24) is 0 Å². The minimum atomic E-state index is -6.00. The molecule has 0 unspecified atom stereocenters. The van der Waals surface area contributed by atoms with Crippen molar-refractivity contribution in [3.05, 3.63) is 156 Å². The molecule has 0 amide bonds. The van der Waals surface area contributed by atoms with Gasteiger partial charge in [0.1, 0.15) is 11.4 Å². The fourth-order valence-corrected chi connectivity index (χ4v) is 6.08. The number of nitrogens with zero attached hydrogens (tertiary/aromatic N) is 2. The molecule has 6 rings (SSSR count). The summed E-state index contributed by atoms with van der Waals surface area (Å²) in [4.78, 5) is 2.52. The molecule has 0 N–H and O–H groups in total. The summed E-state index contributed by atoms with van der Waals surface area (Å²) in [6.07, 6.45) is 4.36. The molecular weight excluding hydrogens is 559 g/mol. The van der Waals surface area contributed by atoms with Crippen LogP contribution in [0.25, 0.3) is 11.1 Å². The molecule has 0 spiro atoms. The summed E-state index contributed by atoms with van der Waals surface area (Å²) in [6.45, 7) is 4.53. The Morgan fingerprint density at radius 2 is 1.07 bits per heavy atom. The molecule has 1 heterocycles. The van der Waals surface area contributed by atoms with Crippen LogP contribution in [0, 0.1) is 0 Å². The lowest BCUT2D eigenvalue weighted by atomic mass is 9.91. The minimum Gasteiger partial charge on any atom is -0.418 e. The van der Waals surface area contributed by atoms with E-state index in [0.717, 1.165) is 12.8 Å². The Bertz CT molecular complexity index is 1660. The zero-order valence-electron chi connectivity index (χ0n) is 24.8. The predicted octanol–water partition coefficient (Wildman–Crippen LogP) is 10.5. The highest BCUT2D eigenvalue weighted by molar-refractivity contribution is 6.50. The lowest BCUT2D eigenvalue weighted by Crippen LogP contribution is -2.26. The molecule has 44 heavy (non-hydrogen) atoms. The zero-order chi connectivity index (χ0) is 31.1. The van der Waals surface area contributed by atoms with Gasteiger partial charge in [0.2, 0.25) is 6.34 Å². The molecule has 0 saturated carbocycles. The zero-order valence-corrected chi connectivity index (χ0v) is 24.8. The Balaban J connectivity index is 0.000000712. The van der Waals surface area contributed by atoms with Gasteiger partial charge in [-0.3, -0.25) is 0 Å². The minimum absolute atomic E-state index is 0.0908. The first-order valence-electron chi connectivity index (χ1n) is 14.9. The molecule has 0 aliphatic carbocycles. The summed E-state index contributed by atoms with van der Waals surface area (Å²) in [6, 6.07) is 48.6. The molecule has 0 aromatic heterocycles. The summed E-state index contributed by atoms with van der Waals surface area (Å²) < 4.78 is 41.6. The second-order valence-corrected chi connectivity index (χ2v) is 10.7. The van der Waals surface area contributed by atoms with Crippen molar-refractivity contribution in [2.24, 2.45) is 0 Å². The SMILES string of the molecule is CCc1cccc(CC)c1[N+]1=CN(c2ccccc2-c2ccccc2)[C@@H](c2ccccc2)[C@@H]1c1ccccc1.F[B-](F)(F)F. The van der Waals surface area contributed by atoms with Crippen LogP contribution in [0.5, 0.6) is 0 Å².